The van der Waals surface area contributed by atoms with Crippen molar-refractivity contribution in [3.8, 4) is 0 Å². The largest absolute Gasteiger partial charge is 0.360 e. The first-order valence-corrected chi connectivity index (χ1v) is 6.68. The van der Waals surface area contributed by atoms with E-state index in [1.807, 2.05) is 29.1 Å². The number of benzene rings is 1. The second kappa shape index (κ2) is 6.33. The molecule has 1 aromatic heterocycles. The summed E-state index contributed by atoms with van der Waals surface area (Å²) in [7, 11) is 0. The second-order valence-electron chi connectivity index (χ2n) is 4.65. The number of nitrogens with zero attached hydrogens (tertiary/aromatic N) is 2. The molecular weight excluding hydrogens is 256 g/mol. The van der Waals surface area contributed by atoms with Crippen molar-refractivity contribution >= 4 is 23.0 Å². The molecule has 100 valence electrons. The maximum absolute atomic E-state index is 5.20. The Kier molecular flexibility index (Phi) is 4.52. The minimum absolute atomic E-state index is 0.332. The predicted molar refractivity (Wildman–Crippen MR) is 82.3 cm³/mol. The fraction of sp³-hybridized carbons (Fsp3) is 0.286. The van der Waals surface area contributed by atoms with Crippen LogP contribution >= 0.6 is 12.2 Å². The molecule has 5 heteroatoms. The van der Waals surface area contributed by atoms with Gasteiger partial charge in [-0.3, -0.25) is 4.68 Å². The molecule has 2 rings (SSSR count). The lowest BCUT2D eigenvalue weighted by Gasteiger charge is -2.13. The second-order valence-corrected chi connectivity index (χ2v) is 5.06. The van der Waals surface area contributed by atoms with Gasteiger partial charge in [-0.1, -0.05) is 12.1 Å². The smallest absolute Gasteiger partial charge is 0.170 e. The fourth-order valence-electron chi connectivity index (χ4n) is 1.70. The highest BCUT2D eigenvalue weighted by atomic mass is 32.1. The van der Waals surface area contributed by atoms with E-state index in [1.165, 1.54) is 5.56 Å². The Bertz CT molecular complexity index is 517. The van der Waals surface area contributed by atoms with E-state index >= 15 is 0 Å². The fourth-order valence-corrected chi connectivity index (χ4v) is 2.06. The van der Waals surface area contributed by atoms with Gasteiger partial charge in [-0.15, -0.1) is 0 Å². The lowest BCUT2D eigenvalue weighted by Crippen LogP contribution is -2.33. The maximum atomic E-state index is 5.20. The van der Waals surface area contributed by atoms with Crippen LogP contribution in [0, 0.1) is 0 Å². The highest BCUT2D eigenvalue weighted by Crippen LogP contribution is 2.10. The summed E-state index contributed by atoms with van der Waals surface area (Å²) in [5, 5.41) is 11.1. The quantitative estimate of drug-likeness (QED) is 0.841. The molecule has 0 spiro atoms. The summed E-state index contributed by atoms with van der Waals surface area (Å²) in [6.07, 6.45) is 3.74. The van der Waals surface area contributed by atoms with Gasteiger partial charge in [0.25, 0.3) is 0 Å². The third kappa shape index (κ3) is 4.37. The van der Waals surface area contributed by atoms with Gasteiger partial charge in [0.15, 0.2) is 5.11 Å². The molecular formula is C14H18N4S. The molecule has 0 atom stereocenters. The molecule has 0 fully saturated rings. The first-order valence-electron chi connectivity index (χ1n) is 6.27. The van der Waals surface area contributed by atoms with Crippen LogP contribution in [-0.4, -0.2) is 20.9 Å². The van der Waals surface area contributed by atoms with E-state index < -0.39 is 0 Å². The Morgan fingerprint density at radius 1 is 1.32 bits per heavy atom. The van der Waals surface area contributed by atoms with Crippen molar-refractivity contribution in [3.63, 3.8) is 0 Å². The van der Waals surface area contributed by atoms with Crippen LogP contribution in [0.3, 0.4) is 0 Å². The number of anilines is 1. The van der Waals surface area contributed by atoms with Crippen LogP contribution in [-0.2, 0) is 6.54 Å². The molecule has 0 radical (unpaired) electrons. The zero-order chi connectivity index (χ0) is 13.7. The molecule has 0 aliphatic rings. The van der Waals surface area contributed by atoms with Crippen molar-refractivity contribution in [1.82, 2.24) is 15.1 Å². The van der Waals surface area contributed by atoms with E-state index in [2.05, 4.69) is 41.7 Å². The first-order chi connectivity index (χ1) is 9.13. The molecule has 0 saturated heterocycles. The normalized spacial score (nSPS) is 10.5. The van der Waals surface area contributed by atoms with Crippen LogP contribution < -0.4 is 10.6 Å². The number of hydrogen-bond donors (Lipinski definition) is 2. The molecule has 2 N–H and O–H groups in total. The number of hydrogen-bond acceptors (Lipinski definition) is 2. The van der Waals surface area contributed by atoms with Crippen molar-refractivity contribution in [3.05, 3.63) is 48.3 Å². The van der Waals surface area contributed by atoms with E-state index in [9.17, 15) is 0 Å². The highest BCUT2D eigenvalue weighted by molar-refractivity contribution is 7.80. The number of thiocarbonyl (C=S) groups is 1. The van der Waals surface area contributed by atoms with Gasteiger partial charge in [-0.25, -0.2) is 0 Å². The van der Waals surface area contributed by atoms with Crippen LogP contribution in [0.15, 0.2) is 42.7 Å². The van der Waals surface area contributed by atoms with Crippen LogP contribution in [0.25, 0.3) is 0 Å². The summed E-state index contributed by atoms with van der Waals surface area (Å²) in [4.78, 5) is 0. The Balaban J connectivity index is 1.93. The molecule has 19 heavy (non-hydrogen) atoms. The summed E-state index contributed by atoms with van der Waals surface area (Å²) in [5.41, 5.74) is 2.19. The maximum Gasteiger partial charge on any atom is 0.170 e. The van der Waals surface area contributed by atoms with Gasteiger partial charge in [-0.05, 0) is 49.8 Å². The topological polar surface area (TPSA) is 41.9 Å². The van der Waals surface area contributed by atoms with E-state index in [1.54, 1.807) is 6.20 Å². The minimum Gasteiger partial charge on any atom is -0.360 e. The van der Waals surface area contributed by atoms with Gasteiger partial charge in [-0.2, -0.15) is 5.10 Å². The zero-order valence-electron chi connectivity index (χ0n) is 11.1. The highest BCUT2D eigenvalue weighted by Gasteiger charge is 2.00. The molecule has 0 amide bonds. The van der Waals surface area contributed by atoms with Gasteiger partial charge >= 0.3 is 0 Å². The summed E-state index contributed by atoms with van der Waals surface area (Å²) in [6, 6.07) is 10.4. The summed E-state index contributed by atoms with van der Waals surface area (Å²) in [5.74, 6) is 0. The predicted octanol–water partition coefficient (Wildman–Crippen LogP) is 2.63. The SMILES string of the molecule is CC(C)NC(=S)Nc1ccc(Cn2cccn2)cc1. The third-order valence-electron chi connectivity index (χ3n) is 2.54. The summed E-state index contributed by atoms with van der Waals surface area (Å²) in [6.45, 7) is 4.89. The van der Waals surface area contributed by atoms with E-state index in [0.29, 0.717) is 11.2 Å². The van der Waals surface area contributed by atoms with Crippen molar-refractivity contribution in [2.75, 3.05) is 5.32 Å². The standard InChI is InChI=1S/C14H18N4S/c1-11(2)16-14(19)17-13-6-4-12(5-7-13)10-18-9-3-8-15-18/h3-9,11H,10H2,1-2H3,(H2,16,17,19). The number of aromatic nitrogens is 2. The van der Waals surface area contributed by atoms with Gasteiger partial charge < -0.3 is 10.6 Å². The van der Waals surface area contributed by atoms with E-state index in [-0.39, 0.29) is 0 Å². The van der Waals surface area contributed by atoms with Gasteiger partial charge in [0.05, 0.1) is 6.54 Å². The van der Waals surface area contributed by atoms with Gasteiger partial charge in [0, 0.05) is 24.1 Å². The number of rotatable bonds is 4. The van der Waals surface area contributed by atoms with Crippen LogP contribution in [0.1, 0.15) is 19.4 Å². The molecule has 0 bridgehead atoms. The molecule has 0 aliphatic carbocycles. The Morgan fingerprint density at radius 3 is 2.63 bits per heavy atom. The van der Waals surface area contributed by atoms with Gasteiger partial charge in [0.2, 0.25) is 0 Å². The Hall–Kier alpha value is -1.88. The van der Waals surface area contributed by atoms with Crippen LogP contribution in [0.2, 0.25) is 0 Å². The van der Waals surface area contributed by atoms with Crippen molar-refractivity contribution < 1.29 is 0 Å². The Labute approximate surface area is 118 Å². The summed E-state index contributed by atoms with van der Waals surface area (Å²) >= 11 is 5.20. The van der Waals surface area contributed by atoms with E-state index in [4.69, 9.17) is 12.2 Å². The first kappa shape index (κ1) is 13.5. The van der Waals surface area contributed by atoms with Crippen LogP contribution in [0.5, 0.6) is 0 Å². The lowest BCUT2D eigenvalue weighted by molar-refractivity contribution is 0.687. The molecule has 0 saturated carbocycles. The molecule has 1 heterocycles. The van der Waals surface area contributed by atoms with Crippen molar-refractivity contribution in [1.29, 1.82) is 0 Å². The van der Waals surface area contributed by atoms with Crippen molar-refractivity contribution in [2.24, 2.45) is 0 Å². The lowest BCUT2D eigenvalue weighted by atomic mass is 10.2. The number of nitrogens with one attached hydrogen (secondary N) is 2. The van der Waals surface area contributed by atoms with E-state index in [0.717, 1.165) is 12.2 Å². The zero-order valence-corrected chi connectivity index (χ0v) is 11.9. The summed E-state index contributed by atoms with van der Waals surface area (Å²) < 4.78 is 1.90. The monoisotopic (exact) mass is 274 g/mol. The molecule has 1 aromatic carbocycles. The average Bonchev–Trinajstić information content (AvgIpc) is 2.83. The third-order valence-corrected chi connectivity index (χ3v) is 2.76. The van der Waals surface area contributed by atoms with Crippen LogP contribution in [0.4, 0.5) is 5.69 Å². The average molecular weight is 274 g/mol. The molecule has 2 aromatic rings. The molecule has 0 unspecified atom stereocenters. The molecule has 0 aliphatic heterocycles. The van der Waals surface area contributed by atoms with Gasteiger partial charge in [0.1, 0.15) is 0 Å². The van der Waals surface area contributed by atoms with Crippen molar-refractivity contribution in [2.45, 2.75) is 26.4 Å². The minimum atomic E-state index is 0.332. The Morgan fingerprint density at radius 2 is 2.05 bits per heavy atom. The molecule has 4 nitrogen and oxygen atoms in total.